The molecule has 1 atom stereocenters. The number of hydrogen-bond donors (Lipinski definition) is 2. The SMILES string of the molecule is Cc1ccccc1-n1ncc(C(=O)NCC(O)COc2cccc(C(F)(F)F)c2)c1C(F)(F)F. The number of carbonyl (C=O) groups excluding carboxylic acids is 1. The van der Waals surface area contributed by atoms with E-state index in [0.29, 0.717) is 10.2 Å². The van der Waals surface area contributed by atoms with Crippen molar-refractivity contribution in [3.05, 3.63) is 77.1 Å². The summed E-state index contributed by atoms with van der Waals surface area (Å²) in [6.07, 6.45) is -10.1. The predicted octanol–water partition coefficient (Wildman–Crippen LogP) is 4.39. The molecule has 34 heavy (non-hydrogen) atoms. The van der Waals surface area contributed by atoms with E-state index in [-0.39, 0.29) is 11.4 Å². The third kappa shape index (κ3) is 5.87. The van der Waals surface area contributed by atoms with E-state index in [1.54, 1.807) is 19.1 Å². The highest BCUT2D eigenvalue weighted by molar-refractivity contribution is 5.95. The average molecular weight is 487 g/mol. The van der Waals surface area contributed by atoms with Crippen LogP contribution in [0, 0.1) is 6.92 Å². The summed E-state index contributed by atoms with van der Waals surface area (Å²) in [6, 6.07) is 10.1. The van der Waals surface area contributed by atoms with E-state index in [1.165, 1.54) is 18.2 Å². The number of halogens is 6. The van der Waals surface area contributed by atoms with Gasteiger partial charge in [-0.05, 0) is 36.8 Å². The molecule has 1 amide bonds. The molecule has 182 valence electrons. The standard InChI is InChI=1S/C22H19F6N3O3/c1-13-5-2-3-8-18(13)31-19(22(26,27)28)17(11-30-31)20(33)29-10-15(32)12-34-16-7-4-6-14(9-16)21(23,24)25/h2-9,11,15,32H,10,12H2,1H3,(H,29,33). The van der Waals surface area contributed by atoms with Gasteiger partial charge in [-0.25, -0.2) is 4.68 Å². The normalized spacial score (nSPS) is 12.9. The van der Waals surface area contributed by atoms with Crippen molar-refractivity contribution in [2.24, 2.45) is 0 Å². The minimum Gasteiger partial charge on any atom is -0.491 e. The Morgan fingerprint density at radius 1 is 1.09 bits per heavy atom. The molecule has 0 fully saturated rings. The second kappa shape index (κ2) is 9.75. The zero-order valence-electron chi connectivity index (χ0n) is 17.6. The number of amides is 1. The number of benzene rings is 2. The number of hydrogen-bond acceptors (Lipinski definition) is 4. The van der Waals surface area contributed by atoms with E-state index >= 15 is 0 Å². The van der Waals surface area contributed by atoms with Gasteiger partial charge >= 0.3 is 12.4 Å². The molecule has 2 aromatic carbocycles. The quantitative estimate of drug-likeness (QED) is 0.485. The van der Waals surface area contributed by atoms with Crippen molar-refractivity contribution in [1.82, 2.24) is 15.1 Å². The Morgan fingerprint density at radius 2 is 1.79 bits per heavy atom. The molecule has 3 rings (SSSR count). The molecule has 0 radical (unpaired) electrons. The van der Waals surface area contributed by atoms with Crippen LogP contribution >= 0.6 is 0 Å². The molecule has 3 aromatic rings. The van der Waals surface area contributed by atoms with Crippen LogP contribution in [0.2, 0.25) is 0 Å². The van der Waals surface area contributed by atoms with Gasteiger partial charge in [0.1, 0.15) is 18.5 Å². The van der Waals surface area contributed by atoms with Crippen LogP contribution in [0.15, 0.2) is 54.7 Å². The summed E-state index contributed by atoms with van der Waals surface area (Å²) in [5.74, 6) is -1.30. The van der Waals surface area contributed by atoms with E-state index in [9.17, 15) is 36.2 Å². The number of carbonyl (C=O) groups is 1. The first-order chi connectivity index (χ1) is 15.9. The van der Waals surface area contributed by atoms with Gasteiger partial charge in [-0.1, -0.05) is 24.3 Å². The number of ether oxygens (including phenoxy) is 1. The van der Waals surface area contributed by atoms with Crippen molar-refractivity contribution in [1.29, 1.82) is 0 Å². The number of para-hydroxylation sites is 1. The largest absolute Gasteiger partial charge is 0.491 e. The fourth-order valence-electron chi connectivity index (χ4n) is 3.09. The third-order valence-electron chi connectivity index (χ3n) is 4.73. The second-order valence-electron chi connectivity index (χ2n) is 7.30. The molecule has 1 unspecified atom stereocenters. The Balaban J connectivity index is 1.68. The van der Waals surface area contributed by atoms with Gasteiger partial charge in [-0.15, -0.1) is 0 Å². The Hall–Kier alpha value is -3.54. The zero-order valence-corrected chi connectivity index (χ0v) is 17.6. The molecular formula is C22H19F6N3O3. The number of rotatable bonds is 7. The van der Waals surface area contributed by atoms with E-state index in [1.807, 2.05) is 0 Å². The van der Waals surface area contributed by atoms with Crippen LogP contribution in [0.25, 0.3) is 5.69 Å². The van der Waals surface area contributed by atoms with Gasteiger partial charge in [0, 0.05) is 6.54 Å². The van der Waals surface area contributed by atoms with Crippen molar-refractivity contribution >= 4 is 5.91 Å². The summed E-state index contributed by atoms with van der Waals surface area (Å²) in [5, 5.41) is 15.9. The summed E-state index contributed by atoms with van der Waals surface area (Å²) in [4.78, 5) is 12.4. The van der Waals surface area contributed by atoms with E-state index < -0.39 is 54.3 Å². The van der Waals surface area contributed by atoms with Crippen molar-refractivity contribution < 1.29 is 41.0 Å². The van der Waals surface area contributed by atoms with Crippen LogP contribution in [0.3, 0.4) is 0 Å². The summed E-state index contributed by atoms with van der Waals surface area (Å²) in [5.41, 5.74) is -2.33. The smallest absolute Gasteiger partial charge is 0.434 e. The van der Waals surface area contributed by atoms with Gasteiger partial charge in [0.05, 0.1) is 23.0 Å². The summed E-state index contributed by atoms with van der Waals surface area (Å²) >= 11 is 0. The maximum Gasteiger partial charge on any atom is 0.434 e. The van der Waals surface area contributed by atoms with Gasteiger partial charge in [-0.3, -0.25) is 4.79 Å². The van der Waals surface area contributed by atoms with Crippen molar-refractivity contribution in [3.63, 3.8) is 0 Å². The minimum absolute atomic E-state index is 0.142. The Kier molecular flexibility index (Phi) is 7.20. The van der Waals surface area contributed by atoms with Crippen LogP contribution in [-0.2, 0) is 12.4 Å². The van der Waals surface area contributed by atoms with Crippen LogP contribution in [0.5, 0.6) is 5.75 Å². The van der Waals surface area contributed by atoms with E-state index in [0.717, 1.165) is 24.4 Å². The van der Waals surface area contributed by atoms with Crippen molar-refractivity contribution in [2.75, 3.05) is 13.2 Å². The first-order valence-electron chi connectivity index (χ1n) is 9.85. The number of aromatic nitrogens is 2. The van der Waals surface area contributed by atoms with Crippen molar-refractivity contribution in [2.45, 2.75) is 25.4 Å². The van der Waals surface area contributed by atoms with Gasteiger partial charge < -0.3 is 15.2 Å². The van der Waals surface area contributed by atoms with Crippen LogP contribution in [-0.4, -0.2) is 40.0 Å². The molecule has 0 aliphatic heterocycles. The monoisotopic (exact) mass is 487 g/mol. The lowest BCUT2D eigenvalue weighted by Gasteiger charge is -2.16. The first kappa shape index (κ1) is 25.1. The number of nitrogens with one attached hydrogen (secondary N) is 1. The fraction of sp³-hybridized carbons (Fsp3) is 0.273. The highest BCUT2D eigenvalue weighted by Crippen LogP contribution is 2.34. The Labute approximate surface area is 189 Å². The van der Waals surface area contributed by atoms with Gasteiger partial charge in [-0.2, -0.15) is 31.4 Å². The summed E-state index contributed by atoms with van der Waals surface area (Å²) < 4.78 is 85.2. The van der Waals surface area contributed by atoms with Gasteiger partial charge in [0.25, 0.3) is 5.91 Å². The average Bonchev–Trinajstić information content (AvgIpc) is 3.22. The molecule has 6 nitrogen and oxygen atoms in total. The Morgan fingerprint density at radius 3 is 2.44 bits per heavy atom. The second-order valence-corrected chi connectivity index (χ2v) is 7.30. The highest BCUT2D eigenvalue weighted by Gasteiger charge is 2.40. The fourth-order valence-corrected chi connectivity index (χ4v) is 3.09. The molecule has 2 N–H and O–H groups in total. The highest BCUT2D eigenvalue weighted by atomic mass is 19.4. The molecule has 1 aromatic heterocycles. The lowest BCUT2D eigenvalue weighted by Crippen LogP contribution is -2.36. The lowest BCUT2D eigenvalue weighted by atomic mass is 10.1. The molecular weight excluding hydrogens is 468 g/mol. The number of nitrogens with zero attached hydrogens (tertiary/aromatic N) is 2. The molecule has 0 saturated heterocycles. The van der Waals surface area contributed by atoms with Crippen LogP contribution in [0.1, 0.15) is 27.2 Å². The molecule has 0 bridgehead atoms. The topological polar surface area (TPSA) is 76.4 Å². The van der Waals surface area contributed by atoms with Crippen LogP contribution in [0.4, 0.5) is 26.3 Å². The number of aryl methyl sites for hydroxylation is 1. The maximum absolute atomic E-state index is 13.8. The molecule has 12 heteroatoms. The van der Waals surface area contributed by atoms with Gasteiger partial charge in [0.15, 0.2) is 5.69 Å². The summed E-state index contributed by atoms with van der Waals surface area (Å²) in [7, 11) is 0. The molecule has 0 aliphatic rings. The third-order valence-corrected chi connectivity index (χ3v) is 4.73. The number of aliphatic hydroxyl groups excluding tert-OH is 1. The summed E-state index contributed by atoms with van der Waals surface area (Å²) in [6.45, 7) is 0.582. The predicted molar refractivity (Wildman–Crippen MR) is 109 cm³/mol. The van der Waals surface area contributed by atoms with E-state index in [2.05, 4.69) is 10.4 Å². The minimum atomic E-state index is -4.91. The first-order valence-corrected chi connectivity index (χ1v) is 9.85. The number of aliphatic hydroxyl groups is 1. The molecule has 0 spiro atoms. The lowest BCUT2D eigenvalue weighted by molar-refractivity contribution is -0.143. The molecule has 1 heterocycles. The Bertz CT molecular complexity index is 1160. The van der Waals surface area contributed by atoms with Gasteiger partial charge in [0.2, 0.25) is 0 Å². The zero-order chi connectivity index (χ0) is 25.1. The van der Waals surface area contributed by atoms with Crippen molar-refractivity contribution in [3.8, 4) is 11.4 Å². The maximum atomic E-state index is 13.8. The van der Waals surface area contributed by atoms with E-state index in [4.69, 9.17) is 4.74 Å². The molecule has 0 saturated carbocycles. The van der Waals surface area contributed by atoms with Crippen LogP contribution < -0.4 is 10.1 Å². The number of alkyl halides is 6. The molecule has 0 aliphatic carbocycles.